The second-order valence-electron chi connectivity index (χ2n) is 2.79. The van der Waals surface area contributed by atoms with E-state index in [1.165, 1.54) is 18.4 Å². The number of methoxy groups -OCH3 is 1. The summed E-state index contributed by atoms with van der Waals surface area (Å²) in [6.07, 6.45) is 0. The molecular formula is C8H10BrN3O2S. The van der Waals surface area contributed by atoms with Gasteiger partial charge in [-0.25, -0.2) is 4.79 Å². The summed E-state index contributed by atoms with van der Waals surface area (Å²) in [5.74, 6) is -0.404. The molecule has 0 aromatic carbocycles. The van der Waals surface area contributed by atoms with Crippen LogP contribution < -0.4 is 0 Å². The number of halogens is 1. The SMILES string of the molecule is COC(=O)c1scc(Br)c1N=NN(C)C. The van der Waals surface area contributed by atoms with E-state index in [-0.39, 0.29) is 0 Å². The number of ether oxygens (including phenoxy) is 1. The molecule has 1 aromatic heterocycles. The van der Waals surface area contributed by atoms with Gasteiger partial charge >= 0.3 is 5.97 Å². The van der Waals surface area contributed by atoms with Gasteiger partial charge in [-0.3, -0.25) is 5.01 Å². The average molecular weight is 292 g/mol. The molecular weight excluding hydrogens is 282 g/mol. The molecule has 82 valence electrons. The number of hydrogen-bond acceptors (Lipinski definition) is 5. The number of nitrogens with zero attached hydrogens (tertiary/aromatic N) is 3. The molecule has 0 spiro atoms. The maximum atomic E-state index is 11.3. The van der Waals surface area contributed by atoms with Gasteiger partial charge in [0.15, 0.2) is 0 Å². The van der Waals surface area contributed by atoms with Gasteiger partial charge in [-0.05, 0) is 15.9 Å². The maximum absolute atomic E-state index is 11.3. The van der Waals surface area contributed by atoms with Gasteiger partial charge in [0.2, 0.25) is 0 Å². The number of carbonyl (C=O) groups is 1. The molecule has 1 heterocycles. The summed E-state index contributed by atoms with van der Waals surface area (Å²) in [5, 5.41) is 11.1. The van der Waals surface area contributed by atoms with Crippen LogP contribution in [-0.2, 0) is 4.74 Å². The quantitative estimate of drug-likeness (QED) is 0.489. The second kappa shape index (κ2) is 5.22. The van der Waals surface area contributed by atoms with Crippen molar-refractivity contribution in [1.29, 1.82) is 0 Å². The lowest BCUT2D eigenvalue weighted by atomic mass is 10.4. The summed E-state index contributed by atoms with van der Waals surface area (Å²) in [6.45, 7) is 0. The van der Waals surface area contributed by atoms with Crippen LogP contribution in [0.4, 0.5) is 5.69 Å². The molecule has 0 aliphatic heterocycles. The highest BCUT2D eigenvalue weighted by Crippen LogP contribution is 2.35. The van der Waals surface area contributed by atoms with E-state index in [4.69, 9.17) is 0 Å². The van der Waals surface area contributed by atoms with Crippen molar-refractivity contribution >= 4 is 38.9 Å². The molecule has 0 radical (unpaired) electrons. The molecule has 0 unspecified atom stereocenters. The molecule has 0 saturated heterocycles. The van der Waals surface area contributed by atoms with E-state index in [1.807, 2.05) is 0 Å². The third-order valence-corrected chi connectivity index (χ3v) is 3.27. The van der Waals surface area contributed by atoms with Crippen molar-refractivity contribution in [3.63, 3.8) is 0 Å². The highest BCUT2D eigenvalue weighted by atomic mass is 79.9. The van der Waals surface area contributed by atoms with Crippen LogP contribution in [0.1, 0.15) is 9.67 Å². The van der Waals surface area contributed by atoms with Crippen molar-refractivity contribution in [1.82, 2.24) is 5.01 Å². The predicted molar refractivity (Wildman–Crippen MR) is 61.6 cm³/mol. The molecule has 5 nitrogen and oxygen atoms in total. The Morgan fingerprint density at radius 2 is 2.27 bits per heavy atom. The molecule has 1 aromatic rings. The van der Waals surface area contributed by atoms with Gasteiger partial charge in [0, 0.05) is 19.5 Å². The molecule has 0 N–H and O–H groups in total. The smallest absolute Gasteiger partial charge is 0.350 e. The fraction of sp³-hybridized carbons (Fsp3) is 0.375. The van der Waals surface area contributed by atoms with Crippen molar-refractivity contribution < 1.29 is 9.53 Å². The Morgan fingerprint density at radius 1 is 1.60 bits per heavy atom. The van der Waals surface area contributed by atoms with Gasteiger partial charge in [0.1, 0.15) is 10.6 Å². The van der Waals surface area contributed by atoms with Gasteiger partial charge in [0.25, 0.3) is 0 Å². The maximum Gasteiger partial charge on any atom is 0.350 e. The monoisotopic (exact) mass is 291 g/mol. The van der Waals surface area contributed by atoms with Crippen LogP contribution in [0.3, 0.4) is 0 Å². The minimum Gasteiger partial charge on any atom is -0.465 e. The summed E-state index contributed by atoms with van der Waals surface area (Å²) < 4.78 is 5.37. The molecule has 0 aliphatic rings. The largest absolute Gasteiger partial charge is 0.465 e. The van der Waals surface area contributed by atoms with E-state index in [0.29, 0.717) is 10.6 Å². The topological polar surface area (TPSA) is 54.3 Å². The number of rotatable bonds is 3. The van der Waals surface area contributed by atoms with Gasteiger partial charge in [-0.15, -0.1) is 16.5 Å². The molecule has 0 fully saturated rings. The van der Waals surface area contributed by atoms with E-state index < -0.39 is 5.97 Å². The minimum atomic E-state index is -0.404. The van der Waals surface area contributed by atoms with Crippen LogP contribution in [-0.4, -0.2) is 32.2 Å². The van der Waals surface area contributed by atoms with E-state index in [1.54, 1.807) is 24.5 Å². The van der Waals surface area contributed by atoms with Crippen LogP contribution in [0, 0.1) is 0 Å². The molecule has 7 heteroatoms. The summed E-state index contributed by atoms with van der Waals surface area (Å²) in [7, 11) is 4.84. The van der Waals surface area contributed by atoms with E-state index in [2.05, 4.69) is 31.0 Å². The van der Waals surface area contributed by atoms with Crippen molar-refractivity contribution in [2.45, 2.75) is 0 Å². The summed E-state index contributed by atoms with van der Waals surface area (Å²) >= 11 is 4.56. The second-order valence-corrected chi connectivity index (χ2v) is 4.52. The zero-order valence-electron chi connectivity index (χ0n) is 8.52. The lowest BCUT2D eigenvalue weighted by Crippen LogP contribution is -2.00. The predicted octanol–water partition coefficient (Wildman–Crippen LogP) is 2.86. The van der Waals surface area contributed by atoms with Crippen LogP contribution in [0.5, 0.6) is 0 Å². The first kappa shape index (κ1) is 12.1. The zero-order chi connectivity index (χ0) is 11.4. The van der Waals surface area contributed by atoms with Crippen LogP contribution >= 0.6 is 27.3 Å². The molecule has 1 rings (SSSR count). The molecule has 0 bridgehead atoms. The fourth-order valence-corrected chi connectivity index (χ4v) is 2.26. The Morgan fingerprint density at radius 3 is 2.80 bits per heavy atom. The summed E-state index contributed by atoms with van der Waals surface area (Å²) in [4.78, 5) is 11.8. The fourth-order valence-electron chi connectivity index (χ4n) is 0.796. The van der Waals surface area contributed by atoms with Gasteiger partial charge in [-0.1, -0.05) is 5.22 Å². The Labute approximate surface area is 99.9 Å². The first-order valence-electron chi connectivity index (χ1n) is 4.00. The Balaban J connectivity index is 3.04. The normalized spacial score (nSPS) is 10.7. The number of hydrogen-bond donors (Lipinski definition) is 0. The zero-order valence-corrected chi connectivity index (χ0v) is 10.9. The van der Waals surface area contributed by atoms with E-state index in [0.717, 1.165) is 4.47 Å². The third kappa shape index (κ3) is 3.00. The van der Waals surface area contributed by atoms with Crippen LogP contribution in [0.2, 0.25) is 0 Å². The lowest BCUT2D eigenvalue weighted by molar-refractivity contribution is 0.0607. The van der Waals surface area contributed by atoms with Gasteiger partial charge in [-0.2, -0.15) is 0 Å². The molecule has 0 atom stereocenters. The average Bonchev–Trinajstić information content (AvgIpc) is 2.55. The van der Waals surface area contributed by atoms with Crippen molar-refractivity contribution in [3.05, 3.63) is 14.7 Å². The molecule has 0 amide bonds. The number of thiophene rings is 1. The number of carbonyl (C=O) groups excluding carboxylic acids is 1. The number of esters is 1. The minimum absolute atomic E-state index is 0.404. The molecule has 0 aliphatic carbocycles. The van der Waals surface area contributed by atoms with Gasteiger partial charge < -0.3 is 4.74 Å². The summed E-state index contributed by atoms with van der Waals surface area (Å²) in [5.41, 5.74) is 0.501. The van der Waals surface area contributed by atoms with Crippen LogP contribution in [0.25, 0.3) is 0 Å². The van der Waals surface area contributed by atoms with Crippen molar-refractivity contribution in [2.24, 2.45) is 10.3 Å². The Bertz CT molecular complexity index is 389. The Hall–Kier alpha value is -0.950. The standard InChI is InChI=1S/C8H10BrN3O2S/c1-12(2)11-10-6-5(9)4-15-7(6)8(13)14-3/h4H,1-3H3. The first-order valence-corrected chi connectivity index (χ1v) is 5.67. The van der Waals surface area contributed by atoms with E-state index in [9.17, 15) is 4.79 Å². The van der Waals surface area contributed by atoms with Gasteiger partial charge in [0.05, 0.1) is 11.6 Å². The Kier molecular flexibility index (Phi) is 4.22. The van der Waals surface area contributed by atoms with Crippen LogP contribution in [0.15, 0.2) is 20.2 Å². The lowest BCUT2D eigenvalue weighted by Gasteiger charge is -2.01. The van der Waals surface area contributed by atoms with Crippen molar-refractivity contribution in [3.8, 4) is 0 Å². The first-order chi connectivity index (χ1) is 7.06. The highest BCUT2D eigenvalue weighted by Gasteiger charge is 2.17. The third-order valence-electron chi connectivity index (χ3n) is 1.42. The molecule has 0 saturated carbocycles. The highest BCUT2D eigenvalue weighted by molar-refractivity contribution is 9.10. The van der Waals surface area contributed by atoms with Crippen molar-refractivity contribution in [2.75, 3.05) is 21.2 Å². The van der Waals surface area contributed by atoms with E-state index >= 15 is 0 Å². The summed E-state index contributed by atoms with van der Waals surface area (Å²) in [6, 6.07) is 0. The molecule has 15 heavy (non-hydrogen) atoms.